The van der Waals surface area contributed by atoms with Gasteiger partial charge in [0.25, 0.3) is 0 Å². The Morgan fingerprint density at radius 1 is 1.15 bits per heavy atom. The van der Waals surface area contributed by atoms with Crippen LogP contribution in [0.5, 0.6) is 5.75 Å². The van der Waals surface area contributed by atoms with Gasteiger partial charge in [0, 0.05) is 24.2 Å². The molecular formula is C27H27F3N2O2. The lowest BCUT2D eigenvalue weighted by molar-refractivity contribution is -0.137. The van der Waals surface area contributed by atoms with Crippen molar-refractivity contribution in [2.24, 2.45) is 11.8 Å². The van der Waals surface area contributed by atoms with E-state index < -0.39 is 17.8 Å². The van der Waals surface area contributed by atoms with Crippen LogP contribution in [0.4, 0.5) is 13.2 Å². The van der Waals surface area contributed by atoms with Crippen molar-refractivity contribution in [1.29, 1.82) is 0 Å². The molecule has 1 N–H and O–H groups in total. The third kappa shape index (κ3) is 4.42. The zero-order valence-electron chi connectivity index (χ0n) is 18.9. The first-order valence-electron chi connectivity index (χ1n) is 11.5. The number of piperidine rings is 3. The first-order valence-corrected chi connectivity index (χ1v) is 11.5. The second-order valence-electron chi connectivity index (χ2n) is 9.22. The highest BCUT2D eigenvalue weighted by Crippen LogP contribution is 2.42. The molecule has 0 amide bonds. The largest absolute Gasteiger partial charge is 0.497 e. The van der Waals surface area contributed by atoms with Crippen LogP contribution in [-0.4, -0.2) is 41.2 Å². The molecule has 2 aromatic carbocycles. The first kappa shape index (κ1) is 22.9. The predicted octanol–water partition coefficient (Wildman–Crippen LogP) is 5.72. The van der Waals surface area contributed by atoms with E-state index in [2.05, 4.69) is 16.0 Å². The van der Waals surface area contributed by atoms with E-state index in [9.17, 15) is 18.3 Å². The molecule has 1 aromatic heterocycles. The quantitative estimate of drug-likeness (QED) is 0.520. The second kappa shape index (κ2) is 9.04. The first-order chi connectivity index (χ1) is 16.3. The van der Waals surface area contributed by atoms with Crippen molar-refractivity contribution < 1.29 is 23.0 Å². The van der Waals surface area contributed by atoms with Gasteiger partial charge in [-0.25, -0.2) is 0 Å². The average Bonchev–Trinajstić information content (AvgIpc) is 2.86. The predicted molar refractivity (Wildman–Crippen MR) is 125 cm³/mol. The molecule has 3 aromatic rings. The molecule has 2 bridgehead atoms. The second-order valence-corrected chi connectivity index (χ2v) is 9.22. The van der Waals surface area contributed by atoms with E-state index in [1.807, 2.05) is 30.3 Å². The number of methoxy groups -OCH3 is 1. The number of nitrogens with zero attached hydrogens (tertiary/aromatic N) is 2. The van der Waals surface area contributed by atoms with Gasteiger partial charge in [0.1, 0.15) is 5.75 Å². The summed E-state index contributed by atoms with van der Waals surface area (Å²) in [7, 11) is 1.62. The Balaban J connectivity index is 1.31. The minimum absolute atomic E-state index is 0.0197. The summed E-state index contributed by atoms with van der Waals surface area (Å²) in [6.07, 6.45) is 2.74. The molecule has 3 fully saturated rings. The molecule has 6 rings (SSSR count). The highest BCUT2D eigenvalue weighted by Gasteiger charge is 2.42. The topological polar surface area (TPSA) is 45.6 Å². The van der Waals surface area contributed by atoms with Crippen molar-refractivity contribution in [3.8, 4) is 5.75 Å². The number of rotatable bonds is 5. The normalized spacial score (nSPS) is 25.7. The molecule has 178 valence electrons. The van der Waals surface area contributed by atoms with Gasteiger partial charge in [-0.15, -0.1) is 0 Å². The smallest absolute Gasteiger partial charge is 0.416 e. The van der Waals surface area contributed by atoms with Gasteiger partial charge in [-0.3, -0.25) is 9.88 Å². The summed E-state index contributed by atoms with van der Waals surface area (Å²) in [4.78, 5) is 6.77. The Labute approximate surface area is 196 Å². The number of aliphatic hydroxyl groups is 1. The summed E-state index contributed by atoms with van der Waals surface area (Å²) < 4.78 is 43.7. The fourth-order valence-electron chi connectivity index (χ4n) is 5.41. The summed E-state index contributed by atoms with van der Waals surface area (Å²) >= 11 is 0. The Hall–Kier alpha value is -2.90. The highest BCUT2D eigenvalue weighted by molar-refractivity contribution is 5.84. The molecule has 3 aliphatic rings. The van der Waals surface area contributed by atoms with Gasteiger partial charge in [0.2, 0.25) is 0 Å². The van der Waals surface area contributed by atoms with Crippen molar-refractivity contribution in [2.45, 2.75) is 31.2 Å². The van der Waals surface area contributed by atoms with E-state index in [0.717, 1.165) is 65.8 Å². The van der Waals surface area contributed by atoms with Crippen LogP contribution in [0.25, 0.3) is 17.0 Å². The molecular weight excluding hydrogens is 441 g/mol. The van der Waals surface area contributed by atoms with Gasteiger partial charge in [0.15, 0.2) is 0 Å². The lowest BCUT2D eigenvalue weighted by atomic mass is 9.73. The maximum Gasteiger partial charge on any atom is 0.416 e. The molecule has 34 heavy (non-hydrogen) atoms. The fraction of sp³-hybridized carbons (Fsp3) is 0.370. The number of alkyl halides is 3. The summed E-state index contributed by atoms with van der Waals surface area (Å²) in [5.41, 5.74) is 1.81. The molecule has 7 heteroatoms. The Morgan fingerprint density at radius 3 is 2.62 bits per heavy atom. The van der Waals surface area contributed by atoms with Crippen LogP contribution in [-0.2, 0) is 6.18 Å². The number of pyridine rings is 1. The standard InChI is InChI=1S/C27H27F3N2O2/c1-34-21-8-9-24-23(15-21)22(10-12-31-24)26(33)25-14-18-11-13-32(25)16-19(18)5-2-17-3-6-20(7-4-17)27(28,29)30/h2-10,12,15,18-19,25-26,33H,11,13-14,16H2,1H3/b5-2+/t18-,19-,25+,26-/m0/s1. The molecule has 4 nitrogen and oxygen atoms in total. The van der Waals surface area contributed by atoms with Gasteiger partial charge in [-0.2, -0.15) is 13.2 Å². The number of halogens is 3. The molecule has 0 saturated carbocycles. The van der Waals surface area contributed by atoms with E-state index in [1.165, 1.54) is 12.1 Å². The van der Waals surface area contributed by atoms with Crippen LogP contribution in [0, 0.1) is 11.8 Å². The Morgan fingerprint density at radius 2 is 1.94 bits per heavy atom. The molecule has 1 unspecified atom stereocenters. The van der Waals surface area contributed by atoms with Crippen LogP contribution in [0.15, 0.2) is 60.8 Å². The number of benzene rings is 2. The van der Waals surface area contributed by atoms with E-state index >= 15 is 0 Å². The summed E-state index contributed by atoms with van der Waals surface area (Å²) in [6, 6.07) is 12.9. The van der Waals surface area contributed by atoms with Crippen LogP contribution in [0.2, 0.25) is 0 Å². The van der Waals surface area contributed by atoms with Gasteiger partial charge in [-0.05, 0) is 78.7 Å². The van der Waals surface area contributed by atoms with Crippen molar-refractivity contribution in [3.05, 3.63) is 77.5 Å². The van der Waals surface area contributed by atoms with Gasteiger partial charge >= 0.3 is 6.18 Å². The van der Waals surface area contributed by atoms with Crippen molar-refractivity contribution in [2.75, 3.05) is 20.2 Å². The number of hydrogen-bond acceptors (Lipinski definition) is 4. The minimum atomic E-state index is -4.32. The fourth-order valence-corrected chi connectivity index (χ4v) is 5.41. The van der Waals surface area contributed by atoms with E-state index in [0.29, 0.717) is 11.8 Å². The summed E-state index contributed by atoms with van der Waals surface area (Å²) in [5.74, 6) is 1.47. The van der Waals surface area contributed by atoms with Crippen molar-refractivity contribution in [1.82, 2.24) is 9.88 Å². The van der Waals surface area contributed by atoms with E-state index in [4.69, 9.17) is 4.74 Å². The maximum absolute atomic E-state index is 12.8. The van der Waals surface area contributed by atoms with Gasteiger partial charge in [0.05, 0.1) is 24.3 Å². The third-order valence-electron chi connectivity index (χ3n) is 7.29. The zero-order chi connectivity index (χ0) is 23.9. The van der Waals surface area contributed by atoms with Crippen LogP contribution < -0.4 is 4.74 Å². The lowest BCUT2D eigenvalue weighted by Gasteiger charge is -2.50. The van der Waals surface area contributed by atoms with Crippen molar-refractivity contribution in [3.63, 3.8) is 0 Å². The third-order valence-corrected chi connectivity index (χ3v) is 7.29. The van der Waals surface area contributed by atoms with Gasteiger partial charge in [-0.1, -0.05) is 24.3 Å². The minimum Gasteiger partial charge on any atom is -0.497 e. The number of hydrogen-bond donors (Lipinski definition) is 1. The van der Waals surface area contributed by atoms with E-state index in [-0.39, 0.29) is 6.04 Å². The Bertz CT molecular complexity index is 1190. The molecule has 0 radical (unpaired) electrons. The highest BCUT2D eigenvalue weighted by atomic mass is 19.4. The lowest BCUT2D eigenvalue weighted by Crippen LogP contribution is -2.54. The molecule has 4 heterocycles. The Kier molecular flexibility index (Phi) is 6.08. The summed E-state index contributed by atoms with van der Waals surface area (Å²) in [5, 5.41) is 12.3. The van der Waals surface area contributed by atoms with E-state index in [1.54, 1.807) is 13.3 Å². The number of aliphatic hydroxyl groups excluding tert-OH is 1. The molecule has 0 spiro atoms. The van der Waals surface area contributed by atoms with Gasteiger partial charge < -0.3 is 9.84 Å². The SMILES string of the molecule is COc1ccc2nccc([C@H](O)[C@H]3C[C@@H]4CCN3C[C@@H]4/C=C/c3ccc(C(F)(F)F)cc3)c2c1. The van der Waals surface area contributed by atoms with Crippen LogP contribution in [0.1, 0.15) is 35.6 Å². The molecule has 3 saturated heterocycles. The average molecular weight is 469 g/mol. The molecule has 0 aliphatic carbocycles. The van der Waals surface area contributed by atoms with Crippen LogP contribution in [0.3, 0.4) is 0 Å². The monoisotopic (exact) mass is 468 g/mol. The molecule has 5 atom stereocenters. The number of aromatic nitrogens is 1. The van der Waals surface area contributed by atoms with Crippen LogP contribution >= 0.6 is 0 Å². The summed E-state index contributed by atoms with van der Waals surface area (Å²) in [6.45, 7) is 1.76. The maximum atomic E-state index is 12.8. The van der Waals surface area contributed by atoms with Crippen molar-refractivity contribution >= 4 is 17.0 Å². The zero-order valence-corrected chi connectivity index (χ0v) is 18.9. The number of ether oxygens (including phenoxy) is 1. The number of fused-ring (bicyclic) bond motifs is 4. The molecule has 3 aliphatic heterocycles.